The molecule has 0 bridgehead atoms. The molecule has 338 valence electrons. The van der Waals surface area contributed by atoms with E-state index in [0.29, 0.717) is 26.3 Å². The first-order chi connectivity index (χ1) is 31.3. The lowest BCUT2D eigenvalue weighted by atomic mass is 9.89. The highest BCUT2D eigenvalue weighted by atomic mass is 16.6. The van der Waals surface area contributed by atoms with Crippen molar-refractivity contribution in [2.24, 2.45) is 0 Å². The molecular formula is C54H66N4O6. The summed E-state index contributed by atoms with van der Waals surface area (Å²) in [6.45, 7) is 11.5. The second kappa shape index (κ2) is 22.1. The number of aryl methyl sites for hydroxylation is 2. The number of hydrogen-bond acceptors (Lipinski definition) is 6. The topological polar surface area (TPSA) is 115 Å². The van der Waals surface area contributed by atoms with E-state index in [1.807, 2.05) is 36.4 Å². The van der Waals surface area contributed by atoms with Gasteiger partial charge in [0.05, 0.1) is 34.1 Å². The molecule has 0 saturated heterocycles. The molecule has 0 fully saturated rings. The SMILES string of the molecule is CCCCCCOc1ccc(-c2c3c4cc([N+](=O)[O-])ccc4n(CCCCCC)c3c(-c3ccc(OCCCCCC)cc3)c3c4cc([N+](=O)[O-])ccc4n(CCCCCC)c23)cc1. The summed E-state index contributed by atoms with van der Waals surface area (Å²) < 4.78 is 17.2. The van der Waals surface area contributed by atoms with Gasteiger partial charge in [-0.1, -0.05) is 129 Å². The number of aromatic nitrogens is 2. The van der Waals surface area contributed by atoms with Gasteiger partial charge in [0.15, 0.2) is 0 Å². The molecule has 0 radical (unpaired) electrons. The number of benzene rings is 5. The van der Waals surface area contributed by atoms with Crippen LogP contribution in [0.4, 0.5) is 11.4 Å². The van der Waals surface area contributed by atoms with Gasteiger partial charge in [0.1, 0.15) is 11.5 Å². The molecule has 0 aliphatic heterocycles. The lowest BCUT2D eigenvalue weighted by Gasteiger charge is -2.19. The zero-order valence-corrected chi connectivity index (χ0v) is 38.5. The summed E-state index contributed by atoms with van der Waals surface area (Å²) in [5.74, 6) is 1.59. The quantitative estimate of drug-likeness (QED) is 0.0304. The van der Waals surface area contributed by atoms with Crippen molar-refractivity contribution in [3.8, 4) is 33.8 Å². The van der Waals surface area contributed by atoms with E-state index in [-0.39, 0.29) is 21.2 Å². The Bertz CT molecular complexity index is 2490. The van der Waals surface area contributed by atoms with Crippen molar-refractivity contribution in [1.29, 1.82) is 0 Å². The average Bonchev–Trinajstić information content (AvgIpc) is 3.80. The Labute approximate surface area is 377 Å². The molecular weight excluding hydrogens is 801 g/mol. The molecule has 0 atom stereocenters. The van der Waals surface area contributed by atoms with Crippen molar-refractivity contribution in [2.45, 2.75) is 144 Å². The zero-order valence-electron chi connectivity index (χ0n) is 38.5. The summed E-state index contributed by atoms with van der Waals surface area (Å²) in [5.41, 5.74) is 7.69. The maximum atomic E-state index is 12.6. The van der Waals surface area contributed by atoms with Crippen LogP contribution in [0.1, 0.15) is 130 Å². The van der Waals surface area contributed by atoms with Crippen LogP contribution in [-0.4, -0.2) is 32.2 Å². The molecule has 2 heterocycles. The van der Waals surface area contributed by atoms with Crippen LogP contribution in [0, 0.1) is 20.2 Å². The van der Waals surface area contributed by atoms with Gasteiger partial charge in [0.25, 0.3) is 11.4 Å². The van der Waals surface area contributed by atoms with E-state index in [2.05, 4.69) is 61.1 Å². The van der Waals surface area contributed by atoms with E-state index < -0.39 is 0 Å². The fourth-order valence-electron chi connectivity index (χ4n) is 9.47. The Hall–Kier alpha value is -5.90. The number of nitrogens with zero attached hydrogens (tertiary/aromatic N) is 4. The highest BCUT2D eigenvalue weighted by Crippen LogP contribution is 2.52. The third-order valence-corrected chi connectivity index (χ3v) is 12.8. The summed E-state index contributed by atoms with van der Waals surface area (Å²) in [5, 5.41) is 28.6. The maximum Gasteiger partial charge on any atom is 0.270 e. The van der Waals surface area contributed by atoms with Crippen LogP contribution in [0.25, 0.3) is 65.9 Å². The maximum absolute atomic E-state index is 12.6. The molecule has 5 aromatic carbocycles. The molecule has 10 heteroatoms. The predicted octanol–water partition coefficient (Wildman–Crippen LogP) is 16.1. The van der Waals surface area contributed by atoms with Gasteiger partial charge in [-0.2, -0.15) is 0 Å². The summed E-state index contributed by atoms with van der Waals surface area (Å²) in [6.07, 6.45) is 17.3. The van der Waals surface area contributed by atoms with Gasteiger partial charge in [-0.25, -0.2) is 0 Å². The lowest BCUT2D eigenvalue weighted by Crippen LogP contribution is -2.02. The summed E-state index contributed by atoms with van der Waals surface area (Å²) in [7, 11) is 0. The van der Waals surface area contributed by atoms with Crippen molar-refractivity contribution in [2.75, 3.05) is 13.2 Å². The molecule has 0 aliphatic carbocycles. The smallest absolute Gasteiger partial charge is 0.270 e. The Morgan fingerprint density at radius 3 is 1.16 bits per heavy atom. The van der Waals surface area contributed by atoms with Gasteiger partial charge in [0.2, 0.25) is 0 Å². The van der Waals surface area contributed by atoms with Crippen LogP contribution in [0.5, 0.6) is 11.5 Å². The molecule has 2 aromatic heterocycles. The minimum Gasteiger partial charge on any atom is -0.494 e. The average molecular weight is 867 g/mol. The summed E-state index contributed by atoms with van der Waals surface area (Å²) in [6, 6.07) is 27.2. The number of ether oxygens (including phenoxy) is 2. The van der Waals surface area contributed by atoms with Crippen molar-refractivity contribution in [3.05, 3.63) is 105 Å². The van der Waals surface area contributed by atoms with E-state index in [0.717, 1.165) is 167 Å². The first kappa shape index (κ1) is 46.1. The number of hydrogen-bond donors (Lipinski definition) is 0. The van der Waals surface area contributed by atoms with Crippen molar-refractivity contribution < 1.29 is 19.3 Å². The minimum absolute atomic E-state index is 0.0353. The summed E-state index contributed by atoms with van der Waals surface area (Å²) >= 11 is 0. The monoisotopic (exact) mass is 866 g/mol. The Morgan fingerprint density at radius 1 is 0.453 bits per heavy atom. The molecule has 0 amide bonds. The fraction of sp³-hybridized carbons (Fsp3) is 0.444. The van der Waals surface area contributed by atoms with E-state index in [1.54, 1.807) is 24.3 Å². The third kappa shape index (κ3) is 10.1. The highest BCUT2D eigenvalue weighted by Gasteiger charge is 2.29. The fourth-order valence-corrected chi connectivity index (χ4v) is 9.47. The van der Waals surface area contributed by atoms with E-state index in [4.69, 9.17) is 9.47 Å². The van der Waals surface area contributed by atoms with Crippen LogP contribution in [0.3, 0.4) is 0 Å². The number of rotatable bonds is 26. The number of non-ortho nitro benzene ring substituents is 2. The van der Waals surface area contributed by atoms with Gasteiger partial charge in [-0.05, 0) is 73.2 Å². The first-order valence-corrected chi connectivity index (χ1v) is 24.1. The normalized spacial score (nSPS) is 11.7. The van der Waals surface area contributed by atoms with E-state index in [1.165, 1.54) is 12.8 Å². The van der Waals surface area contributed by atoms with E-state index >= 15 is 0 Å². The Morgan fingerprint density at radius 2 is 0.812 bits per heavy atom. The molecule has 0 unspecified atom stereocenters. The second-order valence-electron chi connectivity index (χ2n) is 17.4. The third-order valence-electron chi connectivity index (χ3n) is 12.8. The summed E-state index contributed by atoms with van der Waals surface area (Å²) in [4.78, 5) is 24.5. The molecule has 64 heavy (non-hydrogen) atoms. The second-order valence-corrected chi connectivity index (χ2v) is 17.4. The van der Waals surface area contributed by atoms with Crippen LogP contribution in [-0.2, 0) is 13.1 Å². The van der Waals surface area contributed by atoms with Crippen molar-refractivity contribution in [1.82, 2.24) is 9.13 Å². The molecule has 7 rings (SSSR count). The van der Waals surface area contributed by atoms with Crippen LogP contribution >= 0.6 is 0 Å². The number of fused-ring (bicyclic) bond motifs is 6. The lowest BCUT2D eigenvalue weighted by molar-refractivity contribution is -0.384. The van der Waals surface area contributed by atoms with Gasteiger partial charge >= 0.3 is 0 Å². The molecule has 10 nitrogen and oxygen atoms in total. The molecule has 7 aromatic rings. The number of unbranched alkanes of at least 4 members (excludes halogenated alkanes) is 12. The van der Waals surface area contributed by atoms with Gasteiger partial charge in [0, 0.05) is 81.1 Å². The zero-order chi connectivity index (χ0) is 45.0. The van der Waals surface area contributed by atoms with Crippen LogP contribution in [0.15, 0.2) is 84.9 Å². The van der Waals surface area contributed by atoms with Gasteiger partial charge in [-0.15, -0.1) is 0 Å². The molecule has 0 aliphatic rings. The first-order valence-electron chi connectivity index (χ1n) is 24.1. The largest absolute Gasteiger partial charge is 0.494 e. The Balaban J connectivity index is 1.60. The number of nitro groups is 2. The molecule has 0 saturated carbocycles. The van der Waals surface area contributed by atoms with Crippen molar-refractivity contribution in [3.63, 3.8) is 0 Å². The van der Waals surface area contributed by atoms with Gasteiger partial charge in [-0.3, -0.25) is 20.2 Å². The molecule has 0 spiro atoms. The van der Waals surface area contributed by atoms with Crippen LogP contribution in [0.2, 0.25) is 0 Å². The predicted molar refractivity (Wildman–Crippen MR) is 264 cm³/mol. The van der Waals surface area contributed by atoms with E-state index in [9.17, 15) is 20.2 Å². The van der Waals surface area contributed by atoms with Crippen LogP contribution < -0.4 is 9.47 Å². The van der Waals surface area contributed by atoms with Gasteiger partial charge < -0.3 is 18.6 Å². The minimum atomic E-state index is -0.305. The number of nitro benzene ring substituents is 2. The molecule has 0 N–H and O–H groups in total. The Kier molecular flexibility index (Phi) is 15.9. The standard InChI is InChI=1S/C54H66N4O6/c1-5-9-13-17-33-55-47-31-25-41(57(59)60)37-45(47)51-50(40-23-29-44(30-24-40)64-36-20-16-12-8-4)54-52(46-38-42(58(61)62)26-32-48(46)56(54)34-18-14-10-6-2)49(53(51)55)39-21-27-43(28-22-39)63-35-19-15-11-7-3/h21-32,37-38H,5-20,33-36H2,1-4H3. The highest BCUT2D eigenvalue weighted by molar-refractivity contribution is 6.32. The van der Waals surface area contributed by atoms with Crippen molar-refractivity contribution >= 4 is 55.0 Å².